The first-order valence-electron chi connectivity index (χ1n) is 19.6. The SMILES string of the molecule is Cc1ccc(C(=O)CC2CC2)cc1NC(=O)c1ccc(-c2cc(F)cc(C(N)=O)c2)s1.[C-]#[N+]c1cc(F)cc(-c2ccc(C(=O)Nc3cc(C(=O)CC4CC4)ccc3C)s2)c1. The Balaban J connectivity index is 0.000000184. The Morgan fingerprint density at radius 2 is 1.08 bits per heavy atom. The van der Waals surface area contributed by atoms with Gasteiger partial charge in [0.2, 0.25) is 5.91 Å². The molecule has 0 unspecified atom stereocenters. The van der Waals surface area contributed by atoms with Crippen molar-refractivity contribution >= 4 is 69.0 Å². The third-order valence-electron chi connectivity index (χ3n) is 10.4. The maximum absolute atomic E-state index is 13.8. The second-order valence-electron chi connectivity index (χ2n) is 15.3. The van der Waals surface area contributed by atoms with Crippen molar-refractivity contribution in [1.29, 1.82) is 0 Å². The van der Waals surface area contributed by atoms with E-state index in [1.165, 1.54) is 46.9 Å². The topological polar surface area (TPSA) is 140 Å². The van der Waals surface area contributed by atoms with Gasteiger partial charge in [0.1, 0.15) is 11.6 Å². The first kappa shape index (κ1) is 42.5. The number of thiophene rings is 2. The smallest absolute Gasteiger partial charge is 0.265 e. The number of ketones is 2. The van der Waals surface area contributed by atoms with E-state index < -0.39 is 17.5 Å². The molecule has 13 heteroatoms. The standard InChI is InChI=1S/C24H21FN2O3S.C24H19FN2O2S/c1-13-2-5-15(20(28)8-14-3-4-14)12-19(13)27-24(30)22-7-6-21(31-22)16-9-17(23(26)29)11-18(25)10-16;1-14-3-6-16(21(28)9-15-4-5-15)12-20(14)27-24(29)23-8-7-22(30-23)17-10-18(25)13-19(11-17)26-2/h2,5-7,9-12,14H,3-4,8H2,1H3,(H2,26,29)(H,27,30);3,6-8,10-13,15H,4-5,9H2,1H3,(H,27,29). The molecule has 0 aliphatic heterocycles. The van der Waals surface area contributed by atoms with Crippen LogP contribution >= 0.6 is 22.7 Å². The van der Waals surface area contributed by atoms with Crippen LogP contribution in [0.5, 0.6) is 0 Å². The van der Waals surface area contributed by atoms with E-state index in [1.807, 2.05) is 26.0 Å². The molecule has 2 aliphatic carbocycles. The lowest BCUT2D eigenvalue weighted by molar-refractivity contribution is 0.0968. The fourth-order valence-electron chi connectivity index (χ4n) is 6.52. The van der Waals surface area contributed by atoms with Gasteiger partial charge < -0.3 is 16.4 Å². The predicted molar refractivity (Wildman–Crippen MR) is 236 cm³/mol. The van der Waals surface area contributed by atoms with Gasteiger partial charge in [-0.3, -0.25) is 24.0 Å². The van der Waals surface area contributed by atoms with E-state index in [2.05, 4.69) is 15.5 Å². The van der Waals surface area contributed by atoms with E-state index in [4.69, 9.17) is 12.3 Å². The number of amides is 3. The Bertz CT molecular complexity index is 2760. The van der Waals surface area contributed by atoms with Gasteiger partial charge in [-0.25, -0.2) is 13.6 Å². The number of nitrogens with zero attached hydrogens (tertiary/aromatic N) is 1. The number of carbonyl (C=O) groups excluding carboxylic acids is 5. The van der Waals surface area contributed by atoms with Crippen molar-refractivity contribution in [3.8, 4) is 20.9 Å². The Labute approximate surface area is 359 Å². The molecule has 2 saturated carbocycles. The summed E-state index contributed by atoms with van der Waals surface area (Å²) >= 11 is 2.40. The molecule has 0 radical (unpaired) electrons. The molecular formula is C48H40F2N4O5S2. The van der Waals surface area contributed by atoms with E-state index in [0.29, 0.717) is 77.8 Å². The number of hydrogen-bond donors (Lipinski definition) is 3. The Morgan fingerprint density at radius 1 is 0.623 bits per heavy atom. The molecule has 4 aromatic carbocycles. The number of aryl methyl sites for hydroxylation is 2. The number of hydrogen-bond acceptors (Lipinski definition) is 7. The summed E-state index contributed by atoms with van der Waals surface area (Å²) in [6, 6.07) is 25.5. The number of rotatable bonds is 13. The molecule has 0 atom stereocenters. The van der Waals surface area contributed by atoms with Crippen molar-refractivity contribution in [2.45, 2.75) is 52.4 Å². The van der Waals surface area contributed by atoms with Gasteiger partial charge in [0.25, 0.3) is 11.8 Å². The van der Waals surface area contributed by atoms with Gasteiger partial charge in [0.05, 0.1) is 16.3 Å². The van der Waals surface area contributed by atoms with Crippen LogP contribution in [-0.4, -0.2) is 29.3 Å². The second-order valence-corrected chi connectivity index (χ2v) is 17.5. The van der Waals surface area contributed by atoms with Crippen LogP contribution < -0.4 is 16.4 Å². The number of anilines is 2. The zero-order valence-corrected chi connectivity index (χ0v) is 34.9. The monoisotopic (exact) mass is 854 g/mol. The van der Waals surface area contributed by atoms with Crippen molar-refractivity contribution in [3.05, 3.63) is 158 Å². The minimum Gasteiger partial charge on any atom is -0.366 e. The quantitative estimate of drug-likeness (QED) is 0.0784. The molecule has 6 aromatic rings. The Kier molecular flexibility index (Phi) is 12.8. The Morgan fingerprint density at radius 3 is 1.52 bits per heavy atom. The lowest BCUT2D eigenvalue weighted by Crippen LogP contribution is -2.12. The number of benzene rings is 4. The lowest BCUT2D eigenvalue weighted by atomic mass is 10.0. The summed E-state index contributed by atoms with van der Waals surface area (Å²) < 4.78 is 27.6. The number of carbonyl (C=O) groups is 5. The van der Waals surface area contributed by atoms with Crippen LogP contribution in [0.3, 0.4) is 0 Å². The third kappa shape index (κ3) is 11.0. The van der Waals surface area contributed by atoms with E-state index in [1.54, 1.807) is 54.6 Å². The number of nitrogens with two attached hydrogens (primary N) is 1. The summed E-state index contributed by atoms with van der Waals surface area (Å²) in [5.41, 5.74) is 10.7. The molecule has 8 rings (SSSR count). The van der Waals surface area contributed by atoms with Crippen molar-refractivity contribution in [1.82, 2.24) is 0 Å². The molecule has 4 N–H and O–H groups in total. The highest BCUT2D eigenvalue weighted by atomic mass is 32.1. The molecule has 61 heavy (non-hydrogen) atoms. The minimum absolute atomic E-state index is 0.0673. The molecule has 0 saturated heterocycles. The molecule has 2 fully saturated rings. The first-order chi connectivity index (χ1) is 29.2. The zero-order valence-electron chi connectivity index (χ0n) is 33.3. The van der Waals surface area contributed by atoms with Crippen molar-refractivity contribution in [3.63, 3.8) is 0 Å². The molecule has 2 heterocycles. The highest BCUT2D eigenvalue weighted by Gasteiger charge is 2.26. The maximum Gasteiger partial charge on any atom is 0.265 e. The normalized spacial score (nSPS) is 13.0. The van der Waals surface area contributed by atoms with E-state index >= 15 is 0 Å². The lowest BCUT2D eigenvalue weighted by Gasteiger charge is -2.10. The maximum atomic E-state index is 13.8. The fourth-order valence-corrected chi connectivity index (χ4v) is 8.29. The van der Waals surface area contributed by atoms with Gasteiger partial charge in [-0.15, -0.1) is 22.7 Å². The molecule has 3 amide bonds. The molecule has 308 valence electrons. The third-order valence-corrected chi connectivity index (χ3v) is 12.6. The van der Waals surface area contributed by atoms with Gasteiger partial charge in [0.15, 0.2) is 17.3 Å². The molecule has 0 bridgehead atoms. The van der Waals surface area contributed by atoms with Crippen molar-refractivity contribution < 1.29 is 32.8 Å². The number of Topliss-reactive ketones (excluding diaryl/α,β-unsaturated/α-hetero) is 2. The van der Waals surface area contributed by atoms with E-state index in [0.717, 1.165) is 42.9 Å². The molecule has 0 spiro atoms. The Hall–Kier alpha value is -6.62. The summed E-state index contributed by atoms with van der Waals surface area (Å²) in [5, 5.41) is 5.75. The van der Waals surface area contributed by atoms with E-state index in [-0.39, 0.29) is 34.6 Å². The van der Waals surface area contributed by atoms with Gasteiger partial charge in [-0.05, 0) is 146 Å². The molecular weight excluding hydrogens is 815 g/mol. The summed E-state index contributed by atoms with van der Waals surface area (Å²) in [7, 11) is 0. The fraction of sp³-hybridized carbons (Fsp3) is 0.208. The highest BCUT2D eigenvalue weighted by Crippen LogP contribution is 2.36. The minimum atomic E-state index is -0.720. The average molecular weight is 855 g/mol. The van der Waals surface area contributed by atoms with E-state index in [9.17, 15) is 32.8 Å². The van der Waals surface area contributed by atoms with Crippen molar-refractivity contribution in [2.75, 3.05) is 10.6 Å². The average Bonchev–Trinajstić information content (AvgIpc) is 4.12. The van der Waals surface area contributed by atoms with Crippen LogP contribution in [0.4, 0.5) is 25.8 Å². The van der Waals surface area contributed by atoms with Crippen LogP contribution in [0.2, 0.25) is 0 Å². The van der Waals surface area contributed by atoms with Crippen LogP contribution in [0.1, 0.15) is 100 Å². The number of primary amides is 1. The first-order valence-corrected chi connectivity index (χ1v) is 21.3. The number of halogens is 2. The van der Waals surface area contributed by atoms with Gasteiger partial charge >= 0.3 is 0 Å². The summed E-state index contributed by atoms with van der Waals surface area (Å²) in [4.78, 5) is 67.2. The van der Waals surface area contributed by atoms with Crippen LogP contribution in [0.15, 0.2) is 97.1 Å². The summed E-state index contributed by atoms with van der Waals surface area (Å²) in [6.07, 6.45) is 5.55. The zero-order chi connectivity index (χ0) is 43.4. The summed E-state index contributed by atoms with van der Waals surface area (Å²) in [5.74, 6) is -1.19. The predicted octanol–water partition coefficient (Wildman–Crippen LogP) is 11.8. The summed E-state index contributed by atoms with van der Waals surface area (Å²) in [6.45, 7) is 10.8. The van der Waals surface area contributed by atoms with Crippen LogP contribution in [0.25, 0.3) is 25.7 Å². The largest absolute Gasteiger partial charge is 0.366 e. The number of nitrogens with one attached hydrogen (secondary N) is 2. The molecule has 2 aliphatic rings. The molecule has 2 aromatic heterocycles. The van der Waals surface area contributed by atoms with Gasteiger partial charge in [-0.2, -0.15) is 0 Å². The van der Waals surface area contributed by atoms with Crippen LogP contribution in [0, 0.1) is 43.9 Å². The van der Waals surface area contributed by atoms with Gasteiger partial charge in [-0.1, -0.05) is 24.3 Å². The van der Waals surface area contributed by atoms with Gasteiger partial charge in [0, 0.05) is 50.7 Å². The van der Waals surface area contributed by atoms with Crippen molar-refractivity contribution in [2.24, 2.45) is 17.6 Å². The second kappa shape index (κ2) is 18.3. The van der Waals surface area contributed by atoms with Crippen LogP contribution in [-0.2, 0) is 0 Å². The highest BCUT2D eigenvalue weighted by molar-refractivity contribution is 7.17. The molecule has 9 nitrogen and oxygen atoms in total.